The molecule has 0 saturated heterocycles. The Hall–Kier alpha value is -2.32. The van der Waals surface area contributed by atoms with E-state index in [2.05, 4.69) is 16.8 Å². The molecule has 2 aromatic rings. The highest BCUT2D eigenvalue weighted by molar-refractivity contribution is 7.99. The van der Waals surface area contributed by atoms with Gasteiger partial charge in [0.15, 0.2) is 11.0 Å². The van der Waals surface area contributed by atoms with Crippen LogP contribution < -0.4 is 10.5 Å². The summed E-state index contributed by atoms with van der Waals surface area (Å²) in [6.45, 7) is 4.23. The molecule has 0 spiro atoms. The number of hydrogen-bond acceptors (Lipinski definition) is 6. The number of methoxy groups -OCH3 is 1. The Bertz CT molecular complexity index is 702. The normalized spacial score (nSPS) is 11.9. The summed E-state index contributed by atoms with van der Waals surface area (Å²) in [5.74, 6) is 0.478. The molecule has 3 N–H and O–H groups in total. The molecule has 0 radical (unpaired) electrons. The predicted octanol–water partition coefficient (Wildman–Crippen LogP) is 1.64. The van der Waals surface area contributed by atoms with Crippen molar-refractivity contribution in [2.75, 3.05) is 12.9 Å². The van der Waals surface area contributed by atoms with Crippen LogP contribution in [-0.2, 0) is 11.3 Å². The first-order chi connectivity index (χ1) is 11.1. The van der Waals surface area contributed by atoms with Crippen LogP contribution in [0, 0.1) is 0 Å². The largest absolute Gasteiger partial charge is 0.496 e. The maximum Gasteiger partial charge on any atom is 0.321 e. The first-order valence-corrected chi connectivity index (χ1v) is 7.85. The number of carbonyl (C=O) groups is 1. The van der Waals surface area contributed by atoms with Gasteiger partial charge in [0.05, 0.1) is 12.7 Å². The Morgan fingerprint density at radius 3 is 2.91 bits per heavy atom. The number of hydrogen-bond donors (Lipinski definition) is 2. The lowest BCUT2D eigenvalue weighted by atomic mass is 10.2. The highest BCUT2D eigenvalue weighted by atomic mass is 32.2. The quantitative estimate of drug-likeness (QED) is 0.559. The first kappa shape index (κ1) is 17.0. The highest BCUT2D eigenvalue weighted by Gasteiger charge is 2.19. The molecule has 7 nitrogen and oxygen atoms in total. The number of nitrogens with zero attached hydrogens (tertiary/aromatic N) is 3. The zero-order valence-corrected chi connectivity index (χ0v) is 13.5. The number of thioether (sulfide) groups is 1. The van der Waals surface area contributed by atoms with Crippen molar-refractivity contribution in [2.24, 2.45) is 5.73 Å². The fourth-order valence-electron chi connectivity index (χ4n) is 1.95. The third-order valence-corrected chi connectivity index (χ3v) is 4.17. The van der Waals surface area contributed by atoms with E-state index in [1.807, 2.05) is 28.8 Å². The monoisotopic (exact) mass is 334 g/mol. The van der Waals surface area contributed by atoms with E-state index in [4.69, 9.17) is 15.6 Å². The van der Waals surface area contributed by atoms with Gasteiger partial charge in [-0.2, -0.15) is 0 Å². The molecule has 0 unspecified atom stereocenters. The molecule has 0 amide bonds. The Morgan fingerprint density at radius 2 is 2.26 bits per heavy atom. The third-order valence-electron chi connectivity index (χ3n) is 3.09. The number of benzene rings is 1. The van der Waals surface area contributed by atoms with Gasteiger partial charge in [-0.3, -0.25) is 9.36 Å². The second-order valence-electron chi connectivity index (χ2n) is 4.66. The van der Waals surface area contributed by atoms with Crippen LogP contribution in [0.4, 0.5) is 0 Å². The number of allylic oxidation sites excluding steroid dienone is 1. The molecule has 0 saturated carbocycles. The van der Waals surface area contributed by atoms with Gasteiger partial charge in [0.25, 0.3) is 0 Å². The average Bonchev–Trinajstić information content (AvgIpc) is 2.95. The summed E-state index contributed by atoms with van der Waals surface area (Å²) in [6.07, 6.45) is 1.73. The summed E-state index contributed by atoms with van der Waals surface area (Å²) < 4.78 is 7.21. The minimum Gasteiger partial charge on any atom is -0.496 e. The SMILES string of the molecule is C=CCn1c(SC[C@H](N)C(=O)O)nnc1-c1ccccc1OC. The first-order valence-electron chi connectivity index (χ1n) is 6.87. The molecule has 1 atom stereocenters. The van der Waals surface area contributed by atoms with Gasteiger partial charge in [0.1, 0.15) is 11.8 Å². The number of rotatable bonds is 8. The van der Waals surface area contributed by atoms with Crippen LogP contribution in [0.3, 0.4) is 0 Å². The second-order valence-corrected chi connectivity index (χ2v) is 5.65. The van der Waals surface area contributed by atoms with Gasteiger partial charge < -0.3 is 15.6 Å². The maximum absolute atomic E-state index is 10.8. The molecule has 0 aliphatic heterocycles. The van der Waals surface area contributed by atoms with Crippen LogP contribution in [-0.4, -0.2) is 44.7 Å². The molecule has 2 rings (SSSR count). The second kappa shape index (κ2) is 7.80. The minimum atomic E-state index is -1.04. The summed E-state index contributed by atoms with van der Waals surface area (Å²) in [5, 5.41) is 17.8. The van der Waals surface area contributed by atoms with Crippen LogP contribution in [0.15, 0.2) is 42.1 Å². The van der Waals surface area contributed by atoms with E-state index in [-0.39, 0.29) is 5.75 Å². The van der Waals surface area contributed by atoms with Gasteiger partial charge >= 0.3 is 5.97 Å². The van der Waals surface area contributed by atoms with Crippen LogP contribution in [0.1, 0.15) is 0 Å². The molecule has 0 bridgehead atoms. The fraction of sp³-hybridized carbons (Fsp3) is 0.267. The molecular weight excluding hydrogens is 316 g/mol. The molecule has 8 heteroatoms. The van der Waals surface area contributed by atoms with Crippen molar-refractivity contribution in [1.29, 1.82) is 0 Å². The van der Waals surface area contributed by atoms with Crippen molar-refractivity contribution in [3.8, 4) is 17.1 Å². The van der Waals surface area contributed by atoms with E-state index >= 15 is 0 Å². The van der Waals surface area contributed by atoms with Crippen molar-refractivity contribution in [2.45, 2.75) is 17.7 Å². The van der Waals surface area contributed by atoms with Crippen LogP contribution >= 0.6 is 11.8 Å². The summed E-state index contributed by atoms with van der Waals surface area (Å²) >= 11 is 1.25. The highest BCUT2D eigenvalue weighted by Crippen LogP contribution is 2.30. The number of aromatic nitrogens is 3. The lowest BCUT2D eigenvalue weighted by Gasteiger charge is -2.11. The van der Waals surface area contributed by atoms with Gasteiger partial charge in [-0.05, 0) is 12.1 Å². The summed E-state index contributed by atoms with van der Waals surface area (Å²) in [6, 6.07) is 6.54. The van der Waals surface area contributed by atoms with Crippen molar-refractivity contribution in [3.63, 3.8) is 0 Å². The Kier molecular flexibility index (Phi) is 5.78. The summed E-state index contributed by atoms with van der Waals surface area (Å²) in [4.78, 5) is 10.8. The van der Waals surface area contributed by atoms with E-state index in [0.29, 0.717) is 23.3 Å². The number of carboxylic acid groups (broad SMARTS) is 1. The van der Waals surface area contributed by atoms with Gasteiger partial charge in [0.2, 0.25) is 0 Å². The zero-order valence-electron chi connectivity index (χ0n) is 12.7. The molecule has 0 aliphatic carbocycles. The van der Waals surface area contributed by atoms with Crippen molar-refractivity contribution < 1.29 is 14.6 Å². The minimum absolute atomic E-state index is 0.205. The average molecular weight is 334 g/mol. The van der Waals surface area contributed by atoms with E-state index in [0.717, 1.165) is 5.56 Å². The van der Waals surface area contributed by atoms with Gasteiger partial charge in [-0.15, -0.1) is 16.8 Å². The number of nitrogens with two attached hydrogens (primary N) is 1. The van der Waals surface area contributed by atoms with Crippen LogP contribution in [0.5, 0.6) is 5.75 Å². The summed E-state index contributed by atoms with van der Waals surface area (Å²) in [7, 11) is 1.59. The van der Waals surface area contributed by atoms with E-state index in [1.54, 1.807) is 13.2 Å². The molecule has 1 heterocycles. The Balaban J connectivity index is 2.34. The van der Waals surface area contributed by atoms with Gasteiger partial charge in [0, 0.05) is 12.3 Å². The molecular formula is C15H18N4O3S. The van der Waals surface area contributed by atoms with E-state index in [9.17, 15) is 4.79 Å². The summed E-state index contributed by atoms with van der Waals surface area (Å²) in [5.41, 5.74) is 6.34. The van der Waals surface area contributed by atoms with Crippen molar-refractivity contribution in [3.05, 3.63) is 36.9 Å². The maximum atomic E-state index is 10.8. The lowest BCUT2D eigenvalue weighted by Crippen LogP contribution is -2.32. The molecule has 0 aliphatic rings. The van der Waals surface area contributed by atoms with Crippen molar-refractivity contribution in [1.82, 2.24) is 14.8 Å². The molecule has 1 aromatic heterocycles. The van der Waals surface area contributed by atoms with Crippen LogP contribution in [0.2, 0.25) is 0 Å². The van der Waals surface area contributed by atoms with Gasteiger partial charge in [-0.1, -0.05) is 30.0 Å². The molecule has 23 heavy (non-hydrogen) atoms. The zero-order chi connectivity index (χ0) is 16.8. The van der Waals surface area contributed by atoms with E-state index in [1.165, 1.54) is 11.8 Å². The predicted molar refractivity (Wildman–Crippen MR) is 88.5 cm³/mol. The molecule has 1 aromatic carbocycles. The molecule has 0 fully saturated rings. The standard InChI is InChI=1S/C15H18N4O3S/c1-3-8-19-13(10-6-4-5-7-12(10)22-2)17-18-15(19)23-9-11(16)14(20)21/h3-7,11H,1,8-9,16H2,2H3,(H,20,21)/t11-/m0/s1. The van der Waals surface area contributed by atoms with Gasteiger partial charge in [-0.25, -0.2) is 0 Å². The lowest BCUT2D eigenvalue weighted by molar-refractivity contribution is -0.137. The fourth-order valence-corrected chi connectivity index (χ4v) is 2.84. The Labute approximate surface area is 138 Å². The van der Waals surface area contributed by atoms with Crippen LogP contribution in [0.25, 0.3) is 11.4 Å². The van der Waals surface area contributed by atoms with Crippen molar-refractivity contribution >= 4 is 17.7 Å². The Morgan fingerprint density at radius 1 is 1.52 bits per heavy atom. The number of para-hydroxylation sites is 1. The number of ether oxygens (including phenoxy) is 1. The topological polar surface area (TPSA) is 103 Å². The number of carboxylic acids is 1. The third kappa shape index (κ3) is 3.91. The number of aliphatic carboxylic acids is 1. The smallest absolute Gasteiger partial charge is 0.321 e. The van der Waals surface area contributed by atoms with E-state index < -0.39 is 12.0 Å². The molecule has 122 valence electrons.